The van der Waals surface area contributed by atoms with Gasteiger partial charge in [0.25, 0.3) is 5.91 Å². The van der Waals surface area contributed by atoms with Crippen molar-refractivity contribution < 1.29 is 23.5 Å². The number of hydrogen-bond donors (Lipinski definition) is 1. The molecule has 3 amide bonds. The third-order valence-electron chi connectivity index (χ3n) is 8.57. The van der Waals surface area contributed by atoms with Crippen LogP contribution < -0.4 is 20.4 Å². The lowest BCUT2D eigenvalue weighted by Gasteiger charge is -2.38. The number of benzene rings is 3. The number of methoxy groups -OCH3 is 1. The van der Waals surface area contributed by atoms with E-state index in [0.717, 1.165) is 35.8 Å². The van der Waals surface area contributed by atoms with E-state index in [9.17, 15) is 19.2 Å². The zero-order valence-corrected chi connectivity index (χ0v) is 26.3. The third-order valence-corrected chi connectivity index (χ3v) is 8.82. The molecule has 1 N–H and O–H groups in total. The van der Waals surface area contributed by atoms with Crippen molar-refractivity contribution in [2.45, 2.75) is 31.8 Å². The number of carbonyl (C=O) groups is 3. The number of piperazine rings is 1. The van der Waals surface area contributed by atoms with Gasteiger partial charge in [0.1, 0.15) is 17.4 Å². The van der Waals surface area contributed by atoms with E-state index >= 15 is 0 Å². The lowest BCUT2D eigenvalue weighted by atomic mass is 10.0. The highest BCUT2D eigenvalue weighted by molar-refractivity contribution is 6.30. The fourth-order valence-corrected chi connectivity index (χ4v) is 6.20. The molecule has 2 saturated heterocycles. The van der Waals surface area contributed by atoms with E-state index in [1.54, 1.807) is 35.2 Å². The molecule has 11 heteroatoms. The van der Waals surface area contributed by atoms with Gasteiger partial charge in [0, 0.05) is 75.0 Å². The Balaban J connectivity index is 1.19. The minimum atomic E-state index is -0.917. The van der Waals surface area contributed by atoms with E-state index in [1.807, 2.05) is 29.2 Å². The van der Waals surface area contributed by atoms with Gasteiger partial charge in [0.05, 0.1) is 12.5 Å². The number of halogens is 1. The summed E-state index contributed by atoms with van der Waals surface area (Å²) < 4.78 is 11.0. The van der Waals surface area contributed by atoms with E-state index in [2.05, 4.69) is 22.3 Å². The average Bonchev–Trinajstić information content (AvgIpc) is 3.48. The largest absolute Gasteiger partial charge is 0.497 e. The van der Waals surface area contributed by atoms with Gasteiger partial charge >= 0.3 is 0 Å². The molecule has 6 rings (SSSR count). The highest BCUT2D eigenvalue weighted by Gasteiger charge is 2.31. The van der Waals surface area contributed by atoms with E-state index < -0.39 is 11.9 Å². The van der Waals surface area contributed by atoms with Gasteiger partial charge in [-0.25, -0.2) is 0 Å². The van der Waals surface area contributed by atoms with E-state index in [0.29, 0.717) is 55.3 Å². The van der Waals surface area contributed by atoms with Gasteiger partial charge in [0.2, 0.25) is 11.8 Å². The van der Waals surface area contributed by atoms with Gasteiger partial charge in [0.15, 0.2) is 11.2 Å². The molecule has 2 fully saturated rings. The molecule has 1 aromatic heterocycles. The van der Waals surface area contributed by atoms with Crippen molar-refractivity contribution in [3.63, 3.8) is 0 Å². The summed E-state index contributed by atoms with van der Waals surface area (Å²) in [4.78, 5) is 58.4. The van der Waals surface area contributed by atoms with Gasteiger partial charge in [-0.15, -0.1) is 0 Å². The Kier molecular flexibility index (Phi) is 9.25. The van der Waals surface area contributed by atoms with Crippen molar-refractivity contribution >= 4 is 46.0 Å². The summed E-state index contributed by atoms with van der Waals surface area (Å²) in [5, 5.41) is 3.71. The summed E-state index contributed by atoms with van der Waals surface area (Å²) in [6.07, 6.45) is 1.70. The standard InChI is InChI=1S/C35H35ClN4O6/c1-45-26-12-13-27-30(41)21-32(46-31(27)20-26)34(43)37-28(19-23-8-10-25(36)11-9-23)35(44)39-17-15-38(16-18-39)29-6-3-2-5-24(29)22-40-14-4-7-33(40)42/h2-3,5-6,8-13,20-21,28H,4,7,14-19,22H2,1H3,(H,37,43)/t28-/m0/s1. The highest BCUT2D eigenvalue weighted by Crippen LogP contribution is 2.26. The monoisotopic (exact) mass is 642 g/mol. The number of fused-ring (bicyclic) bond motifs is 1. The summed E-state index contributed by atoms with van der Waals surface area (Å²) in [7, 11) is 1.50. The SMILES string of the molecule is COc1ccc2c(=O)cc(C(=O)N[C@@H](Cc3ccc(Cl)cc3)C(=O)N3CCN(c4ccccc4CN4CCCC4=O)CC3)oc2c1. The van der Waals surface area contributed by atoms with E-state index in [-0.39, 0.29) is 35.0 Å². The van der Waals surface area contributed by atoms with E-state index in [1.165, 1.54) is 7.11 Å². The number of ether oxygens (including phenoxy) is 1. The van der Waals surface area contributed by atoms with Gasteiger partial charge < -0.3 is 29.2 Å². The molecule has 3 aromatic carbocycles. The van der Waals surface area contributed by atoms with Crippen LogP contribution in [0.3, 0.4) is 0 Å². The number of likely N-dealkylation sites (tertiary alicyclic amines) is 1. The van der Waals surface area contributed by atoms with Gasteiger partial charge in [-0.05, 0) is 47.9 Å². The molecule has 10 nitrogen and oxygen atoms in total. The van der Waals surface area contributed by atoms with Crippen LogP contribution in [0.25, 0.3) is 11.0 Å². The van der Waals surface area contributed by atoms with Crippen molar-refractivity contribution in [2.75, 3.05) is 44.7 Å². The predicted molar refractivity (Wildman–Crippen MR) is 175 cm³/mol. The summed E-state index contributed by atoms with van der Waals surface area (Å²) in [6.45, 7) is 3.44. The molecular formula is C35H35ClN4O6. The smallest absolute Gasteiger partial charge is 0.287 e. The number of nitrogens with zero attached hydrogens (tertiary/aromatic N) is 3. The Bertz CT molecular complexity index is 1820. The first-order valence-corrected chi connectivity index (χ1v) is 15.7. The number of rotatable bonds is 9. The zero-order valence-electron chi connectivity index (χ0n) is 25.5. The van der Waals surface area contributed by atoms with Crippen molar-refractivity contribution in [1.82, 2.24) is 15.1 Å². The molecule has 0 unspecified atom stereocenters. The second kappa shape index (κ2) is 13.7. The normalized spacial score (nSPS) is 15.7. The Morgan fingerprint density at radius 2 is 1.72 bits per heavy atom. The molecule has 46 heavy (non-hydrogen) atoms. The number of hydrogen-bond acceptors (Lipinski definition) is 7. The number of nitrogens with one attached hydrogen (secondary N) is 1. The fourth-order valence-electron chi connectivity index (χ4n) is 6.08. The van der Waals surface area contributed by atoms with Crippen LogP contribution in [0.2, 0.25) is 5.02 Å². The molecule has 0 saturated carbocycles. The van der Waals surface area contributed by atoms with Crippen LogP contribution in [0.1, 0.15) is 34.5 Å². The van der Waals surface area contributed by atoms with Crippen molar-refractivity contribution in [3.8, 4) is 5.75 Å². The maximum absolute atomic E-state index is 14.0. The van der Waals surface area contributed by atoms with Crippen molar-refractivity contribution in [3.05, 3.63) is 105 Å². The van der Waals surface area contributed by atoms with Crippen LogP contribution >= 0.6 is 11.6 Å². The molecule has 0 bridgehead atoms. The maximum Gasteiger partial charge on any atom is 0.287 e. The second-order valence-corrected chi connectivity index (χ2v) is 12.0. The number of para-hydroxylation sites is 1. The van der Waals surface area contributed by atoms with Gasteiger partial charge in [-0.1, -0.05) is 41.9 Å². The molecule has 3 heterocycles. The molecule has 0 radical (unpaired) electrons. The minimum absolute atomic E-state index is 0.182. The highest BCUT2D eigenvalue weighted by atomic mass is 35.5. The summed E-state index contributed by atoms with van der Waals surface area (Å²) in [5.74, 6) is -0.434. The molecule has 2 aliphatic rings. The van der Waals surface area contributed by atoms with E-state index in [4.69, 9.17) is 20.8 Å². The van der Waals surface area contributed by atoms with Gasteiger partial charge in [-0.2, -0.15) is 0 Å². The molecule has 0 aliphatic carbocycles. The Morgan fingerprint density at radius 1 is 0.957 bits per heavy atom. The first-order chi connectivity index (χ1) is 22.3. The molecule has 0 spiro atoms. The Hall–Kier alpha value is -4.83. The van der Waals surface area contributed by atoms with Crippen LogP contribution in [0.15, 0.2) is 82.0 Å². The molecule has 2 aliphatic heterocycles. The first kappa shape index (κ1) is 31.2. The van der Waals surface area contributed by atoms with Crippen LogP contribution in [0.4, 0.5) is 5.69 Å². The Morgan fingerprint density at radius 3 is 2.43 bits per heavy atom. The molecule has 238 valence electrons. The topological polar surface area (TPSA) is 112 Å². The quantitative estimate of drug-likeness (QED) is 0.290. The van der Waals surface area contributed by atoms with Gasteiger partial charge in [-0.3, -0.25) is 19.2 Å². The summed E-state index contributed by atoms with van der Waals surface area (Å²) in [6, 6.07) is 20.2. The van der Waals surface area contributed by atoms with Crippen molar-refractivity contribution in [2.24, 2.45) is 0 Å². The zero-order chi connectivity index (χ0) is 32.2. The molecule has 1 atom stereocenters. The van der Waals surface area contributed by atoms with Crippen molar-refractivity contribution in [1.29, 1.82) is 0 Å². The van der Waals surface area contributed by atoms with Crippen LogP contribution in [0.5, 0.6) is 5.75 Å². The number of carbonyl (C=O) groups excluding carboxylic acids is 3. The van der Waals surface area contributed by atoms with Crippen LogP contribution in [-0.4, -0.2) is 73.4 Å². The minimum Gasteiger partial charge on any atom is -0.497 e. The molecular weight excluding hydrogens is 608 g/mol. The average molecular weight is 643 g/mol. The summed E-state index contributed by atoms with van der Waals surface area (Å²) in [5.41, 5.74) is 2.79. The third kappa shape index (κ3) is 6.87. The van der Waals surface area contributed by atoms with Crippen LogP contribution in [0, 0.1) is 0 Å². The maximum atomic E-state index is 14.0. The second-order valence-electron chi connectivity index (χ2n) is 11.6. The first-order valence-electron chi connectivity index (χ1n) is 15.4. The molecule has 4 aromatic rings. The Labute approximate surface area is 271 Å². The van der Waals surface area contributed by atoms with Crippen LogP contribution in [-0.2, 0) is 22.6 Å². The number of anilines is 1. The lowest BCUT2D eigenvalue weighted by Crippen LogP contribution is -2.55. The fraction of sp³-hybridized carbons (Fsp3) is 0.314. The number of amides is 3. The summed E-state index contributed by atoms with van der Waals surface area (Å²) >= 11 is 6.09. The predicted octanol–water partition coefficient (Wildman–Crippen LogP) is 4.27. The lowest BCUT2D eigenvalue weighted by molar-refractivity contribution is -0.133.